The van der Waals surface area contributed by atoms with Crippen molar-refractivity contribution in [3.8, 4) is 34.5 Å². The van der Waals surface area contributed by atoms with Crippen LogP contribution in [0.25, 0.3) is 0 Å². The van der Waals surface area contributed by atoms with Crippen LogP contribution in [0.5, 0.6) is 34.5 Å². The smallest absolute Gasteiger partial charge is 0.231 e. The Morgan fingerprint density at radius 2 is 1.55 bits per heavy atom. The number of nitrogens with zero attached hydrogens (tertiary/aromatic N) is 3. The predicted octanol–water partition coefficient (Wildman–Crippen LogP) is 3.58. The van der Waals surface area contributed by atoms with Crippen LogP contribution < -0.4 is 28.4 Å². The molecular weight excluding hydrogens is 522 g/mol. The summed E-state index contributed by atoms with van der Waals surface area (Å²) in [7, 11) is 3.25. The van der Waals surface area contributed by atoms with Crippen molar-refractivity contribution in [1.82, 2.24) is 15.0 Å². The summed E-state index contributed by atoms with van der Waals surface area (Å²) >= 11 is 0. The lowest BCUT2D eigenvalue weighted by atomic mass is 9.80. The van der Waals surface area contributed by atoms with Gasteiger partial charge in [0.1, 0.15) is 28.9 Å². The van der Waals surface area contributed by atoms with Gasteiger partial charge in [-0.1, -0.05) is 12.1 Å². The molecule has 12 nitrogen and oxygen atoms in total. The Kier molecular flexibility index (Phi) is 6.32. The molecule has 3 aromatic rings. The number of rotatable bonds is 9. The lowest BCUT2D eigenvalue weighted by molar-refractivity contribution is -0.118. The van der Waals surface area contributed by atoms with Crippen molar-refractivity contribution < 1.29 is 42.6 Å². The predicted molar refractivity (Wildman–Crippen MR) is 137 cm³/mol. The summed E-state index contributed by atoms with van der Waals surface area (Å²) in [6.07, 6.45) is 1.97. The third kappa shape index (κ3) is 4.01. The zero-order valence-electron chi connectivity index (χ0n) is 22.6. The van der Waals surface area contributed by atoms with E-state index in [1.54, 1.807) is 14.2 Å². The molecule has 5 heterocycles. The van der Waals surface area contributed by atoms with Crippen LogP contribution in [0.4, 0.5) is 0 Å². The summed E-state index contributed by atoms with van der Waals surface area (Å²) in [5, 5.41) is 8.55. The first kappa shape index (κ1) is 25.2. The number of hydrogen-bond donors (Lipinski definition) is 0. The summed E-state index contributed by atoms with van der Waals surface area (Å²) in [5.41, 5.74) is 1.50. The van der Waals surface area contributed by atoms with Crippen LogP contribution in [0.15, 0.2) is 30.5 Å². The van der Waals surface area contributed by atoms with Gasteiger partial charge in [-0.2, -0.15) is 0 Å². The molecule has 212 valence electrons. The Morgan fingerprint density at radius 1 is 0.900 bits per heavy atom. The molecule has 40 heavy (non-hydrogen) atoms. The number of ether oxygens (including phenoxy) is 9. The molecule has 0 amide bonds. The monoisotopic (exact) mass is 553 g/mol. The third-order valence-electron chi connectivity index (χ3n) is 7.93. The number of aryl methyl sites for hydroxylation is 1. The van der Waals surface area contributed by atoms with E-state index in [-0.39, 0.29) is 38.8 Å². The van der Waals surface area contributed by atoms with E-state index in [4.69, 9.17) is 42.6 Å². The fourth-order valence-electron chi connectivity index (χ4n) is 6.03. The lowest BCUT2D eigenvalue weighted by Gasteiger charge is -2.33. The molecule has 0 unspecified atom stereocenters. The zero-order valence-corrected chi connectivity index (χ0v) is 22.6. The van der Waals surface area contributed by atoms with Crippen molar-refractivity contribution in [3.63, 3.8) is 0 Å². The maximum absolute atomic E-state index is 6.81. The Hall–Kier alpha value is -3.74. The highest BCUT2D eigenvalue weighted by Crippen LogP contribution is 2.59. The minimum absolute atomic E-state index is 0.153. The van der Waals surface area contributed by atoms with E-state index in [1.807, 2.05) is 35.1 Å². The molecule has 2 aromatic carbocycles. The van der Waals surface area contributed by atoms with Crippen molar-refractivity contribution in [1.29, 1.82) is 0 Å². The number of methoxy groups -OCH3 is 2. The third-order valence-corrected chi connectivity index (χ3v) is 7.93. The van der Waals surface area contributed by atoms with E-state index in [1.165, 1.54) is 0 Å². The first-order valence-electron chi connectivity index (χ1n) is 13.3. The molecule has 0 radical (unpaired) electrons. The van der Waals surface area contributed by atoms with Crippen molar-refractivity contribution in [2.24, 2.45) is 5.92 Å². The van der Waals surface area contributed by atoms with Gasteiger partial charge in [0.25, 0.3) is 0 Å². The first-order chi connectivity index (χ1) is 19.6. The molecule has 12 heteroatoms. The Labute approximate surface area is 230 Å². The van der Waals surface area contributed by atoms with Crippen molar-refractivity contribution in [3.05, 3.63) is 47.3 Å². The summed E-state index contributed by atoms with van der Waals surface area (Å²) in [6.45, 7) is 4.09. The van der Waals surface area contributed by atoms with Gasteiger partial charge < -0.3 is 42.6 Å². The number of fused-ring (bicyclic) bond motifs is 3. The molecule has 7 rings (SSSR count). The van der Waals surface area contributed by atoms with Crippen LogP contribution in [-0.4, -0.2) is 61.6 Å². The quantitative estimate of drug-likeness (QED) is 0.387. The molecule has 0 bridgehead atoms. The Morgan fingerprint density at radius 3 is 2.23 bits per heavy atom. The Balaban J connectivity index is 1.27. The van der Waals surface area contributed by atoms with Crippen LogP contribution in [-0.2, 0) is 27.4 Å². The van der Waals surface area contributed by atoms with Crippen molar-refractivity contribution >= 4 is 0 Å². The summed E-state index contributed by atoms with van der Waals surface area (Å²) in [6, 6.07) is 7.49. The average molecular weight is 554 g/mol. The molecule has 2 fully saturated rings. The van der Waals surface area contributed by atoms with Crippen LogP contribution in [0.2, 0.25) is 0 Å². The highest BCUT2D eigenvalue weighted by molar-refractivity contribution is 5.55. The normalized spacial score (nSPS) is 25.8. The molecule has 0 aliphatic carbocycles. The molecular formula is C28H31N3O9. The molecule has 4 aliphatic heterocycles. The SMILES string of the molecule is CCCn1cc(CO[C@]23CO[C@H](c4cc5c(cc4OC)OCO5)[C@H]2CO[C@H]3c2cc3c(cc2OC)OCO3)nn1. The van der Waals surface area contributed by atoms with Gasteiger partial charge >= 0.3 is 0 Å². The fraction of sp³-hybridized carbons (Fsp3) is 0.500. The number of hydrogen-bond acceptors (Lipinski definition) is 11. The van der Waals surface area contributed by atoms with Gasteiger partial charge in [0, 0.05) is 35.7 Å². The van der Waals surface area contributed by atoms with Gasteiger partial charge in [-0.15, -0.1) is 5.10 Å². The van der Waals surface area contributed by atoms with Crippen LogP contribution in [0.3, 0.4) is 0 Å². The average Bonchev–Trinajstić information content (AvgIpc) is 3.79. The largest absolute Gasteiger partial charge is 0.496 e. The van der Waals surface area contributed by atoms with E-state index >= 15 is 0 Å². The molecule has 0 saturated carbocycles. The van der Waals surface area contributed by atoms with Gasteiger partial charge in [-0.05, 0) is 18.6 Å². The van der Waals surface area contributed by atoms with E-state index in [2.05, 4.69) is 17.2 Å². The number of aromatic nitrogens is 3. The van der Waals surface area contributed by atoms with E-state index in [9.17, 15) is 0 Å². The van der Waals surface area contributed by atoms with E-state index in [0.29, 0.717) is 41.1 Å². The highest BCUT2D eigenvalue weighted by atomic mass is 16.7. The van der Waals surface area contributed by atoms with E-state index < -0.39 is 11.7 Å². The molecule has 0 N–H and O–H groups in total. The van der Waals surface area contributed by atoms with Crippen LogP contribution in [0.1, 0.15) is 42.4 Å². The number of benzene rings is 2. The minimum atomic E-state index is -0.873. The second-order valence-electron chi connectivity index (χ2n) is 10.2. The topological polar surface area (TPSA) is 114 Å². The van der Waals surface area contributed by atoms with E-state index in [0.717, 1.165) is 29.8 Å². The van der Waals surface area contributed by atoms with Crippen molar-refractivity contribution in [2.45, 2.75) is 44.3 Å². The van der Waals surface area contributed by atoms with Crippen LogP contribution in [0, 0.1) is 5.92 Å². The second kappa shape index (κ2) is 10.0. The van der Waals surface area contributed by atoms with Crippen molar-refractivity contribution in [2.75, 3.05) is 41.0 Å². The molecule has 4 atom stereocenters. The summed E-state index contributed by atoms with van der Waals surface area (Å²) in [4.78, 5) is 0. The van der Waals surface area contributed by atoms with Gasteiger partial charge in [-0.25, -0.2) is 0 Å². The highest BCUT2D eigenvalue weighted by Gasteiger charge is 2.62. The van der Waals surface area contributed by atoms with Crippen LogP contribution >= 0.6 is 0 Å². The maximum Gasteiger partial charge on any atom is 0.231 e. The molecule has 2 saturated heterocycles. The second-order valence-corrected chi connectivity index (χ2v) is 10.2. The summed E-state index contributed by atoms with van der Waals surface area (Å²) in [5.74, 6) is 3.64. The standard InChI is InChI=1S/C28H31N3O9/c1-4-5-31-10-16(29-30-31)11-40-28-13-35-26(17-6-22-24(38-14-36-22)8-20(17)32-2)19(28)12-34-27(28)18-7-23-25(39-15-37-23)9-21(18)33-3/h6-10,19,26-27H,4-5,11-15H2,1-3H3/t19-,26-,27+,28-/m1/s1. The fourth-order valence-corrected chi connectivity index (χ4v) is 6.03. The minimum Gasteiger partial charge on any atom is -0.496 e. The molecule has 1 aromatic heterocycles. The first-order valence-corrected chi connectivity index (χ1v) is 13.3. The van der Waals surface area contributed by atoms with Gasteiger partial charge in [-0.3, -0.25) is 4.68 Å². The van der Waals surface area contributed by atoms with Gasteiger partial charge in [0.05, 0.1) is 46.3 Å². The lowest BCUT2D eigenvalue weighted by Crippen LogP contribution is -2.42. The van der Waals surface area contributed by atoms with Gasteiger partial charge in [0.15, 0.2) is 23.0 Å². The van der Waals surface area contributed by atoms with Gasteiger partial charge in [0.2, 0.25) is 13.6 Å². The maximum atomic E-state index is 6.81. The zero-order chi connectivity index (χ0) is 27.3. The molecule has 0 spiro atoms. The Bertz CT molecular complexity index is 1410. The molecule has 4 aliphatic rings. The summed E-state index contributed by atoms with van der Waals surface area (Å²) < 4.78 is 55.8.